The van der Waals surface area contributed by atoms with E-state index in [4.69, 9.17) is 12.2 Å². The highest BCUT2D eigenvalue weighted by Gasteiger charge is 2.38. The van der Waals surface area contributed by atoms with Crippen LogP contribution in [0.25, 0.3) is 0 Å². The van der Waals surface area contributed by atoms with Crippen LogP contribution in [-0.4, -0.2) is 13.1 Å². The molecule has 1 aromatic carbocycles. The van der Waals surface area contributed by atoms with Gasteiger partial charge in [0.05, 0.1) is 5.69 Å². The molecule has 3 rings (SSSR count). The van der Waals surface area contributed by atoms with E-state index in [1.807, 2.05) is 12.2 Å². The highest BCUT2D eigenvalue weighted by Crippen LogP contribution is 2.48. The Kier molecular flexibility index (Phi) is 8.08. The van der Waals surface area contributed by atoms with E-state index in [-0.39, 0.29) is 0 Å². The van der Waals surface area contributed by atoms with Crippen LogP contribution >= 0.6 is 0 Å². The Bertz CT molecular complexity index is 922. The second-order valence-corrected chi connectivity index (χ2v) is 10.1. The Hall–Kier alpha value is -2.66. The number of allylic oxidation sites excluding steroid dienone is 6. The van der Waals surface area contributed by atoms with Gasteiger partial charge in [-0.1, -0.05) is 54.5 Å². The van der Waals surface area contributed by atoms with Crippen LogP contribution in [0.5, 0.6) is 0 Å². The fourth-order valence-electron chi connectivity index (χ4n) is 5.65. The lowest BCUT2D eigenvalue weighted by molar-refractivity contribution is 0.113. The predicted molar refractivity (Wildman–Crippen MR) is 140 cm³/mol. The van der Waals surface area contributed by atoms with Gasteiger partial charge in [0, 0.05) is 24.4 Å². The minimum absolute atomic E-state index is 0.519. The van der Waals surface area contributed by atoms with Gasteiger partial charge in [-0.2, -0.15) is 0 Å². The molecule has 0 atom stereocenters. The van der Waals surface area contributed by atoms with E-state index in [9.17, 15) is 0 Å². The van der Waals surface area contributed by atoms with Crippen molar-refractivity contribution in [3.8, 4) is 12.3 Å². The van der Waals surface area contributed by atoms with Gasteiger partial charge in [-0.05, 0) is 94.2 Å². The van der Waals surface area contributed by atoms with E-state index in [0.717, 1.165) is 43.1 Å². The molecule has 0 amide bonds. The maximum absolute atomic E-state index is 5.88. The van der Waals surface area contributed by atoms with Crippen molar-refractivity contribution in [2.75, 3.05) is 18.0 Å². The second-order valence-electron chi connectivity index (χ2n) is 10.1. The number of nitrogens with zero attached hydrogens (tertiary/aromatic N) is 1. The van der Waals surface area contributed by atoms with Gasteiger partial charge < -0.3 is 10.6 Å². The molecule has 1 aromatic rings. The summed E-state index contributed by atoms with van der Waals surface area (Å²) in [6, 6.07) is 6.63. The minimum atomic E-state index is 0.519. The van der Waals surface area contributed by atoms with Crippen molar-refractivity contribution >= 4 is 5.69 Å². The van der Waals surface area contributed by atoms with Gasteiger partial charge in [0.1, 0.15) is 0 Å². The van der Waals surface area contributed by atoms with Crippen LogP contribution < -0.4 is 10.6 Å². The molecule has 1 saturated carbocycles. The normalized spacial score (nSPS) is 19.6. The average Bonchev–Trinajstić information content (AvgIpc) is 2.76. The third kappa shape index (κ3) is 6.19. The van der Waals surface area contributed by atoms with E-state index in [1.165, 1.54) is 60.9 Å². The number of benzene rings is 1. The highest BCUT2D eigenvalue weighted by molar-refractivity contribution is 5.62. The molecule has 0 aromatic heterocycles. The number of hydrogen-bond acceptors (Lipinski definition) is 2. The monoisotopic (exact) mass is 428 g/mol. The molecule has 2 N–H and O–H groups in total. The van der Waals surface area contributed by atoms with E-state index < -0.39 is 0 Å². The van der Waals surface area contributed by atoms with E-state index in [1.54, 1.807) is 0 Å². The molecule has 1 heterocycles. The van der Waals surface area contributed by atoms with Crippen LogP contribution in [0, 0.1) is 23.7 Å². The summed E-state index contributed by atoms with van der Waals surface area (Å²) < 4.78 is 0. The van der Waals surface area contributed by atoms with E-state index >= 15 is 0 Å². The molecule has 170 valence electrons. The number of anilines is 1. The topological polar surface area (TPSA) is 29.3 Å². The molecule has 0 bridgehead atoms. The number of rotatable bonds is 7. The fourth-order valence-corrected chi connectivity index (χ4v) is 5.65. The fraction of sp³-hybridized carbons (Fsp3) is 0.467. The van der Waals surface area contributed by atoms with Gasteiger partial charge in [0.15, 0.2) is 0 Å². The van der Waals surface area contributed by atoms with Crippen molar-refractivity contribution in [3.63, 3.8) is 0 Å². The molecule has 32 heavy (non-hydrogen) atoms. The zero-order valence-corrected chi connectivity index (χ0v) is 20.1. The number of piperidine rings is 1. The molecule has 2 heteroatoms. The van der Waals surface area contributed by atoms with E-state index in [2.05, 4.69) is 62.1 Å². The Morgan fingerprint density at radius 3 is 2.50 bits per heavy atom. The Labute approximate surface area is 196 Å². The molecule has 2 fully saturated rings. The van der Waals surface area contributed by atoms with Gasteiger partial charge >= 0.3 is 0 Å². The maximum atomic E-state index is 5.88. The van der Waals surface area contributed by atoms with Gasteiger partial charge in [0.25, 0.3) is 0 Å². The van der Waals surface area contributed by atoms with Crippen molar-refractivity contribution < 1.29 is 0 Å². The third-order valence-corrected chi connectivity index (χ3v) is 7.44. The predicted octanol–water partition coefficient (Wildman–Crippen LogP) is 6.93. The van der Waals surface area contributed by atoms with Gasteiger partial charge in [-0.15, -0.1) is 6.42 Å². The first kappa shape index (κ1) is 24.0. The summed E-state index contributed by atoms with van der Waals surface area (Å²) in [6.45, 7) is 14.2. The van der Waals surface area contributed by atoms with Gasteiger partial charge in [-0.3, -0.25) is 0 Å². The third-order valence-electron chi connectivity index (χ3n) is 7.44. The first-order valence-corrected chi connectivity index (χ1v) is 12.1. The molecule has 0 radical (unpaired) electrons. The molecular formula is C30H40N2. The molecule has 2 nitrogen and oxygen atoms in total. The molecular weight excluding hydrogens is 388 g/mol. The van der Waals surface area contributed by atoms with Crippen molar-refractivity contribution in [3.05, 3.63) is 77.6 Å². The Morgan fingerprint density at radius 1 is 1.22 bits per heavy atom. The molecule has 1 aliphatic heterocycles. The lowest BCUT2D eigenvalue weighted by atomic mass is 9.65. The first-order valence-electron chi connectivity index (χ1n) is 12.1. The maximum Gasteiger partial charge on any atom is 0.0528 e. The summed E-state index contributed by atoms with van der Waals surface area (Å²) in [5.74, 6) is 3.66. The standard InChI is InChI=1S/C30H40N2/c1-6-8-23(3)19-24(4)20-27-9-10-28(7-2)29(22-27)32-17-15-30(16-18-32)13-11-26(12-14-30)21-25(5)31/h2,6,8-10,19,22,26H,1,5,11-18,20-21,31H2,3-4H3/b23-8-,24-19+. The molecule has 1 saturated heterocycles. The number of nitrogens with two attached hydrogens (primary N) is 1. The average molecular weight is 429 g/mol. The molecule has 1 aliphatic carbocycles. The van der Waals surface area contributed by atoms with Gasteiger partial charge in [0.2, 0.25) is 0 Å². The van der Waals surface area contributed by atoms with Gasteiger partial charge in [-0.25, -0.2) is 0 Å². The van der Waals surface area contributed by atoms with E-state index in [0.29, 0.717) is 5.41 Å². The number of terminal acetylenes is 1. The summed E-state index contributed by atoms with van der Waals surface area (Å²) in [5, 5.41) is 0. The van der Waals surface area contributed by atoms with Crippen molar-refractivity contribution in [2.24, 2.45) is 17.1 Å². The largest absolute Gasteiger partial charge is 0.403 e. The summed E-state index contributed by atoms with van der Waals surface area (Å²) in [7, 11) is 0. The summed E-state index contributed by atoms with van der Waals surface area (Å²) >= 11 is 0. The molecule has 2 aliphatic rings. The van der Waals surface area contributed by atoms with Crippen LogP contribution in [0.15, 0.2) is 66.4 Å². The quantitative estimate of drug-likeness (QED) is 0.377. The summed E-state index contributed by atoms with van der Waals surface area (Å²) in [4.78, 5) is 2.53. The number of hydrogen-bond donors (Lipinski definition) is 1. The first-order chi connectivity index (χ1) is 15.3. The zero-order chi connectivity index (χ0) is 23.1. The molecule has 0 unspecified atom stereocenters. The lowest BCUT2D eigenvalue weighted by Gasteiger charge is -2.47. The van der Waals surface area contributed by atoms with Crippen molar-refractivity contribution in [1.29, 1.82) is 0 Å². The highest BCUT2D eigenvalue weighted by atomic mass is 15.1. The van der Waals surface area contributed by atoms with Crippen molar-refractivity contribution in [2.45, 2.75) is 65.2 Å². The Morgan fingerprint density at radius 2 is 1.91 bits per heavy atom. The van der Waals surface area contributed by atoms with Crippen LogP contribution in [0.1, 0.15) is 69.9 Å². The van der Waals surface area contributed by atoms with Crippen LogP contribution in [-0.2, 0) is 6.42 Å². The smallest absolute Gasteiger partial charge is 0.0528 e. The zero-order valence-electron chi connectivity index (χ0n) is 20.1. The van der Waals surface area contributed by atoms with Crippen LogP contribution in [0.3, 0.4) is 0 Å². The summed E-state index contributed by atoms with van der Waals surface area (Å²) in [5.41, 5.74) is 13.4. The minimum Gasteiger partial charge on any atom is -0.403 e. The Balaban J connectivity index is 1.66. The van der Waals surface area contributed by atoms with Crippen LogP contribution in [0.2, 0.25) is 0 Å². The molecule has 1 spiro atoms. The van der Waals surface area contributed by atoms with Crippen LogP contribution in [0.4, 0.5) is 5.69 Å². The summed E-state index contributed by atoms with van der Waals surface area (Å²) in [6.07, 6.45) is 21.7. The lowest BCUT2D eigenvalue weighted by Crippen LogP contribution is -2.42. The van der Waals surface area contributed by atoms with Crippen molar-refractivity contribution in [1.82, 2.24) is 0 Å². The second kappa shape index (κ2) is 10.8. The SMILES string of the molecule is C#Cc1ccc(C/C(C)=C/C(C)=C\C=C)cc1N1CCC2(CCC(CC(=C)N)CC2)CC1.